The highest BCUT2D eigenvalue weighted by atomic mass is 14.7. The van der Waals surface area contributed by atoms with Crippen molar-refractivity contribution in [2.45, 2.75) is 27.7 Å². The Balaban J connectivity index is 4.83. The Morgan fingerprint density at radius 2 is 1.83 bits per heavy atom. The van der Waals surface area contributed by atoms with Gasteiger partial charge in [-0.1, -0.05) is 24.3 Å². The standard InChI is InChI=1S/C11H17N/c1-6-8-12-11(9(3)4)10(5)7-2/h6-8H,1H2,2-5H3/b10-7-,12-8?. The van der Waals surface area contributed by atoms with Crippen LogP contribution in [0.1, 0.15) is 27.7 Å². The van der Waals surface area contributed by atoms with E-state index in [1.165, 1.54) is 11.1 Å². The SMILES string of the molecule is C=CC=NC(=C(C)C)/C(C)=C\C. The number of hydrogen-bond donors (Lipinski definition) is 0. The van der Waals surface area contributed by atoms with Gasteiger partial charge in [-0.2, -0.15) is 0 Å². The van der Waals surface area contributed by atoms with Crippen molar-refractivity contribution in [1.29, 1.82) is 0 Å². The molecule has 0 radical (unpaired) electrons. The van der Waals surface area contributed by atoms with Gasteiger partial charge >= 0.3 is 0 Å². The van der Waals surface area contributed by atoms with E-state index in [-0.39, 0.29) is 0 Å². The molecule has 0 amide bonds. The molecule has 1 heteroatoms. The van der Waals surface area contributed by atoms with E-state index in [0.29, 0.717) is 0 Å². The van der Waals surface area contributed by atoms with Crippen LogP contribution in [-0.4, -0.2) is 6.21 Å². The number of rotatable bonds is 3. The summed E-state index contributed by atoms with van der Waals surface area (Å²) in [4.78, 5) is 4.28. The number of allylic oxidation sites excluding steroid dienone is 4. The van der Waals surface area contributed by atoms with Crippen molar-refractivity contribution in [1.82, 2.24) is 0 Å². The lowest BCUT2D eigenvalue weighted by Gasteiger charge is -2.02. The fourth-order valence-electron chi connectivity index (χ4n) is 0.889. The zero-order valence-electron chi connectivity index (χ0n) is 8.39. The smallest absolute Gasteiger partial charge is 0.0641 e. The summed E-state index contributed by atoms with van der Waals surface area (Å²) < 4.78 is 0. The van der Waals surface area contributed by atoms with Crippen molar-refractivity contribution in [3.05, 3.63) is 35.6 Å². The molecule has 0 bridgehead atoms. The van der Waals surface area contributed by atoms with Crippen LogP contribution >= 0.6 is 0 Å². The maximum atomic E-state index is 4.28. The van der Waals surface area contributed by atoms with E-state index in [1.807, 2.05) is 6.92 Å². The van der Waals surface area contributed by atoms with Gasteiger partial charge in [-0.25, -0.2) is 0 Å². The monoisotopic (exact) mass is 163 g/mol. The molecule has 0 aliphatic carbocycles. The minimum Gasteiger partial charge on any atom is -0.257 e. The third-order valence-electron chi connectivity index (χ3n) is 1.59. The molecule has 0 N–H and O–H groups in total. The summed E-state index contributed by atoms with van der Waals surface area (Å²) in [6.45, 7) is 11.8. The number of hydrogen-bond acceptors (Lipinski definition) is 1. The molecular formula is C11H17N. The predicted molar refractivity (Wildman–Crippen MR) is 56.5 cm³/mol. The van der Waals surface area contributed by atoms with Crippen LogP contribution in [-0.2, 0) is 0 Å². The Bertz CT molecular complexity index is 238. The minimum absolute atomic E-state index is 1.05. The fourth-order valence-corrected chi connectivity index (χ4v) is 0.889. The van der Waals surface area contributed by atoms with Gasteiger partial charge < -0.3 is 0 Å². The van der Waals surface area contributed by atoms with E-state index in [1.54, 1.807) is 12.3 Å². The Labute approximate surface area is 75.2 Å². The summed E-state index contributed by atoms with van der Waals surface area (Å²) in [6.07, 6.45) is 5.46. The average molecular weight is 163 g/mol. The molecule has 1 nitrogen and oxygen atoms in total. The van der Waals surface area contributed by atoms with Crippen LogP contribution in [0.2, 0.25) is 0 Å². The van der Waals surface area contributed by atoms with Crippen molar-refractivity contribution in [2.75, 3.05) is 0 Å². The van der Waals surface area contributed by atoms with Gasteiger partial charge in [0.2, 0.25) is 0 Å². The van der Waals surface area contributed by atoms with E-state index in [0.717, 1.165) is 5.70 Å². The molecule has 0 aliphatic heterocycles. The molecule has 0 heterocycles. The van der Waals surface area contributed by atoms with E-state index in [9.17, 15) is 0 Å². The van der Waals surface area contributed by atoms with E-state index < -0.39 is 0 Å². The van der Waals surface area contributed by atoms with Crippen LogP contribution in [0.15, 0.2) is 40.6 Å². The maximum absolute atomic E-state index is 4.28. The van der Waals surface area contributed by atoms with Gasteiger partial charge in [-0.3, -0.25) is 4.99 Å². The molecule has 0 unspecified atom stereocenters. The van der Waals surface area contributed by atoms with Gasteiger partial charge in [-0.05, 0) is 33.3 Å². The fraction of sp³-hybridized carbons (Fsp3) is 0.364. The van der Waals surface area contributed by atoms with Crippen molar-refractivity contribution in [3.8, 4) is 0 Å². The summed E-state index contributed by atoms with van der Waals surface area (Å²) in [6, 6.07) is 0. The zero-order chi connectivity index (χ0) is 9.56. The van der Waals surface area contributed by atoms with Gasteiger partial charge in [0.1, 0.15) is 0 Å². The van der Waals surface area contributed by atoms with Gasteiger partial charge in [0.25, 0.3) is 0 Å². The molecule has 0 rings (SSSR count). The summed E-state index contributed by atoms with van der Waals surface area (Å²) >= 11 is 0. The Hall–Kier alpha value is -1.11. The van der Waals surface area contributed by atoms with E-state index >= 15 is 0 Å². The van der Waals surface area contributed by atoms with Gasteiger partial charge in [-0.15, -0.1) is 0 Å². The average Bonchev–Trinajstić information content (AvgIpc) is 2.04. The first-order chi connectivity index (χ1) is 5.63. The Kier molecular flexibility index (Phi) is 5.02. The first-order valence-electron chi connectivity index (χ1n) is 4.09. The summed E-state index contributed by atoms with van der Waals surface area (Å²) in [5, 5.41) is 0. The van der Waals surface area contributed by atoms with Crippen LogP contribution in [0.25, 0.3) is 0 Å². The number of aliphatic imine (C=N–C) groups is 1. The molecule has 0 fully saturated rings. The second-order valence-electron chi connectivity index (χ2n) is 2.83. The highest BCUT2D eigenvalue weighted by Crippen LogP contribution is 2.14. The molecule has 0 aromatic carbocycles. The first kappa shape index (κ1) is 10.9. The molecule has 0 saturated heterocycles. The second-order valence-corrected chi connectivity index (χ2v) is 2.83. The Morgan fingerprint density at radius 3 is 2.17 bits per heavy atom. The topological polar surface area (TPSA) is 12.4 Å². The normalized spacial score (nSPS) is 11.8. The Morgan fingerprint density at radius 1 is 1.25 bits per heavy atom. The van der Waals surface area contributed by atoms with Crippen molar-refractivity contribution in [2.24, 2.45) is 4.99 Å². The molecule has 0 spiro atoms. The predicted octanol–water partition coefficient (Wildman–Crippen LogP) is 3.50. The van der Waals surface area contributed by atoms with Crippen molar-refractivity contribution < 1.29 is 0 Å². The van der Waals surface area contributed by atoms with Gasteiger partial charge in [0.15, 0.2) is 0 Å². The highest BCUT2D eigenvalue weighted by Gasteiger charge is 1.96. The minimum atomic E-state index is 1.05. The van der Waals surface area contributed by atoms with Crippen LogP contribution in [0, 0.1) is 0 Å². The third-order valence-corrected chi connectivity index (χ3v) is 1.59. The lowest BCUT2D eigenvalue weighted by atomic mass is 10.1. The number of nitrogens with zero attached hydrogens (tertiary/aromatic N) is 1. The van der Waals surface area contributed by atoms with Crippen LogP contribution in [0.5, 0.6) is 0 Å². The molecule has 0 atom stereocenters. The molecule has 66 valence electrons. The molecular weight excluding hydrogens is 146 g/mol. The van der Waals surface area contributed by atoms with Crippen LogP contribution < -0.4 is 0 Å². The van der Waals surface area contributed by atoms with Crippen LogP contribution in [0.3, 0.4) is 0 Å². The van der Waals surface area contributed by atoms with Gasteiger partial charge in [0, 0.05) is 6.21 Å². The summed E-state index contributed by atoms with van der Waals surface area (Å²) in [5.74, 6) is 0. The van der Waals surface area contributed by atoms with E-state index in [4.69, 9.17) is 0 Å². The highest BCUT2D eigenvalue weighted by molar-refractivity contribution is 5.72. The lowest BCUT2D eigenvalue weighted by Crippen LogP contribution is -1.85. The summed E-state index contributed by atoms with van der Waals surface area (Å²) in [7, 11) is 0. The third kappa shape index (κ3) is 3.33. The first-order valence-corrected chi connectivity index (χ1v) is 4.09. The molecule has 12 heavy (non-hydrogen) atoms. The largest absolute Gasteiger partial charge is 0.257 e. The van der Waals surface area contributed by atoms with E-state index in [2.05, 4.69) is 38.4 Å². The van der Waals surface area contributed by atoms with Crippen molar-refractivity contribution in [3.63, 3.8) is 0 Å². The lowest BCUT2D eigenvalue weighted by molar-refractivity contribution is 1.19. The molecule has 0 aromatic heterocycles. The second kappa shape index (κ2) is 5.53. The van der Waals surface area contributed by atoms with Crippen LogP contribution in [0.4, 0.5) is 0 Å². The van der Waals surface area contributed by atoms with Crippen molar-refractivity contribution >= 4 is 6.21 Å². The molecule has 0 saturated carbocycles. The van der Waals surface area contributed by atoms with Gasteiger partial charge in [0.05, 0.1) is 5.70 Å². The molecule has 0 aromatic rings. The quantitative estimate of drug-likeness (QED) is 0.446. The maximum Gasteiger partial charge on any atom is 0.0641 e. The zero-order valence-corrected chi connectivity index (χ0v) is 8.39. The molecule has 0 aliphatic rings. The summed E-state index contributed by atoms with van der Waals surface area (Å²) in [5.41, 5.74) is 3.48.